The lowest BCUT2D eigenvalue weighted by atomic mass is 10.0. The Labute approximate surface area is 205 Å². The summed E-state index contributed by atoms with van der Waals surface area (Å²) in [5.41, 5.74) is 12.3. The summed E-state index contributed by atoms with van der Waals surface area (Å²) in [6, 6.07) is 4.00. The lowest BCUT2D eigenvalue weighted by Gasteiger charge is -2.25. The molecule has 0 aliphatic heterocycles. The highest BCUT2D eigenvalue weighted by Crippen LogP contribution is 2.21. The number of rotatable bonds is 12. The number of nitrogens with two attached hydrogens (primary N) is 2. The van der Waals surface area contributed by atoms with Crippen LogP contribution in [0.25, 0.3) is 11.0 Å². The Kier molecular flexibility index (Phi) is 10.4. The fourth-order valence-electron chi connectivity index (χ4n) is 3.67. The first kappa shape index (κ1) is 28.0. The van der Waals surface area contributed by atoms with Crippen molar-refractivity contribution >= 4 is 34.4 Å². The first-order valence-electron chi connectivity index (χ1n) is 11.9. The van der Waals surface area contributed by atoms with Crippen molar-refractivity contribution in [1.82, 2.24) is 10.6 Å². The number of benzene rings is 1. The third-order valence-corrected chi connectivity index (χ3v) is 5.55. The van der Waals surface area contributed by atoms with Crippen LogP contribution in [0.5, 0.6) is 0 Å². The van der Waals surface area contributed by atoms with Gasteiger partial charge in [0, 0.05) is 23.2 Å². The van der Waals surface area contributed by atoms with E-state index in [1.165, 1.54) is 13.0 Å². The zero-order valence-electron chi connectivity index (χ0n) is 20.9. The summed E-state index contributed by atoms with van der Waals surface area (Å²) in [5, 5.41) is 9.00. The van der Waals surface area contributed by atoms with E-state index in [0.29, 0.717) is 43.5 Å². The van der Waals surface area contributed by atoms with Crippen LogP contribution in [0.4, 0.5) is 5.69 Å². The molecule has 0 aliphatic carbocycles. The van der Waals surface area contributed by atoms with Crippen molar-refractivity contribution in [3.05, 3.63) is 40.2 Å². The molecule has 10 heteroatoms. The number of aryl methyl sites for hydroxylation is 1. The number of nitrogens with one attached hydrogen (secondary N) is 3. The van der Waals surface area contributed by atoms with E-state index < -0.39 is 41.5 Å². The second kappa shape index (κ2) is 13.0. The summed E-state index contributed by atoms with van der Waals surface area (Å²) < 4.78 is 5.25. The van der Waals surface area contributed by atoms with Crippen molar-refractivity contribution in [1.29, 1.82) is 0 Å². The van der Waals surface area contributed by atoms with Gasteiger partial charge in [0.25, 0.3) is 0 Å². The molecule has 0 unspecified atom stereocenters. The molecule has 0 saturated carbocycles. The van der Waals surface area contributed by atoms with E-state index in [9.17, 15) is 19.2 Å². The number of carbonyl (C=O) groups excluding carboxylic acids is 3. The zero-order valence-corrected chi connectivity index (χ0v) is 20.9. The fraction of sp³-hybridized carbons (Fsp3) is 0.520. The van der Waals surface area contributed by atoms with Gasteiger partial charge in [-0.05, 0) is 69.7 Å². The van der Waals surface area contributed by atoms with Crippen LogP contribution in [0.3, 0.4) is 0 Å². The van der Waals surface area contributed by atoms with E-state index in [1.54, 1.807) is 25.1 Å². The van der Waals surface area contributed by atoms with E-state index in [4.69, 9.17) is 15.9 Å². The SMILES string of the molecule is Cc1cc(=O)oc2cc(NC(=O)[C@@H](CCCCN)NC(=O)[C@H](CC(C)C)NC(=O)[C@H](C)N)ccc12. The average Bonchev–Trinajstić information content (AvgIpc) is 2.77. The normalized spacial score (nSPS) is 13.8. The Hall–Kier alpha value is -3.24. The molecule has 1 heterocycles. The zero-order chi connectivity index (χ0) is 26.1. The molecule has 1 aromatic heterocycles. The second-order valence-corrected chi connectivity index (χ2v) is 9.27. The predicted molar refractivity (Wildman–Crippen MR) is 136 cm³/mol. The molecule has 0 radical (unpaired) electrons. The minimum atomic E-state index is -0.851. The maximum absolute atomic E-state index is 13.1. The highest BCUT2D eigenvalue weighted by Gasteiger charge is 2.28. The highest BCUT2D eigenvalue weighted by molar-refractivity contribution is 5.99. The number of unbranched alkanes of at least 4 members (excludes halogenated alkanes) is 1. The third kappa shape index (κ3) is 8.48. The molecule has 0 saturated heterocycles. The summed E-state index contributed by atoms with van der Waals surface area (Å²) >= 11 is 0. The lowest BCUT2D eigenvalue weighted by molar-refractivity contribution is -0.131. The number of carbonyl (C=O) groups is 3. The number of hydrogen-bond donors (Lipinski definition) is 5. The molecular weight excluding hydrogens is 450 g/mol. The number of amides is 3. The van der Waals surface area contributed by atoms with Gasteiger partial charge >= 0.3 is 5.63 Å². The topological polar surface area (TPSA) is 170 Å². The minimum Gasteiger partial charge on any atom is -0.423 e. The van der Waals surface area contributed by atoms with Crippen LogP contribution < -0.4 is 33.0 Å². The maximum atomic E-state index is 13.1. The van der Waals surface area contributed by atoms with Gasteiger partial charge in [0.1, 0.15) is 17.7 Å². The van der Waals surface area contributed by atoms with Crippen molar-refractivity contribution in [3.8, 4) is 0 Å². The molecule has 0 aliphatic rings. The Morgan fingerprint density at radius 1 is 0.971 bits per heavy atom. The van der Waals surface area contributed by atoms with Crippen molar-refractivity contribution < 1.29 is 18.8 Å². The molecule has 0 spiro atoms. The number of fused-ring (bicyclic) bond motifs is 1. The van der Waals surface area contributed by atoms with Crippen molar-refractivity contribution in [3.63, 3.8) is 0 Å². The number of anilines is 1. The fourth-order valence-corrected chi connectivity index (χ4v) is 3.67. The van der Waals surface area contributed by atoms with Crippen molar-refractivity contribution in [2.45, 2.75) is 71.5 Å². The van der Waals surface area contributed by atoms with Gasteiger partial charge < -0.3 is 31.8 Å². The van der Waals surface area contributed by atoms with Gasteiger partial charge in [-0.1, -0.05) is 13.8 Å². The minimum absolute atomic E-state index is 0.124. The molecule has 2 rings (SSSR count). The summed E-state index contributed by atoms with van der Waals surface area (Å²) in [6.07, 6.45) is 2.08. The van der Waals surface area contributed by atoms with Gasteiger partial charge in [-0.3, -0.25) is 14.4 Å². The van der Waals surface area contributed by atoms with Gasteiger partial charge in [-0.2, -0.15) is 0 Å². The molecule has 0 bridgehead atoms. The van der Waals surface area contributed by atoms with Crippen molar-refractivity contribution in [2.75, 3.05) is 11.9 Å². The van der Waals surface area contributed by atoms with Crippen LogP contribution in [0.1, 0.15) is 52.0 Å². The quantitative estimate of drug-likeness (QED) is 0.223. The van der Waals surface area contributed by atoms with Crippen LogP contribution in [0.15, 0.2) is 33.5 Å². The van der Waals surface area contributed by atoms with Gasteiger partial charge in [0.05, 0.1) is 6.04 Å². The van der Waals surface area contributed by atoms with Gasteiger partial charge in [0.2, 0.25) is 17.7 Å². The van der Waals surface area contributed by atoms with E-state index in [-0.39, 0.29) is 5.92 Å². The van der Waals surface area contributed by atoms with Crippen LogP contribution in [-0.2, 0) is 14.4 Å². The maximum Gasteiger partial charge on any atom is 0.336 e. The molecule has 1 aromatic carbocycles. The van der Waals surface area contributed by atoms with Gasteiger partial charge in [-0.15, -0.1) is 0 Å². The summed E-state index contributed by atoms with van der Waals surface area (Å²) in [7, 11) is 0. The highest BCUT2D eigenvalue weighted by atomic mass is 16.4. The van der Waals surface area contributed by atoms with Crippen molar-refractivity contribution in [2.24, 2.45) is 17.4 Å². The second-order valence-electron chi connectivity index (χ2n) is 9.27. The molecule has 192 valence electrons. The molecule has 10 nitrogen and oxygen atoms in total. The van der Waals surface area contributed by atoms with Crippen LogP contribution in [0, 0.1) is 12.8 Å². The largest absolute Gasteiger partial charge is 0.423 e. The smallest absolute Gasteiger partial charge is 0.336 e. The van der Waals surface area contributed by atoms with Crippen LogP contribution >= 0.6 is 0 Å². The summed E-state index contributed by atoms with van der Waals surface area (Å²) in [4.78, 5) is 50.0. The Bertz CT molecular complexity index is 1100. The predicted octanol–water partition coefficient (Wildman–Crippen LogP) is 1.53. The summed E-state index contributed by atoms with van der Waals surface area (Å²) in [6.45, 7) is 7.67. The third-order valence-electron chi connectivity index (χ3n) is 5.55. The van der Waals surface area contributed by atoms with Crippen LogP contribution in [0.2, 0.25) is 0 Å². The van der Waals surface area contributed by atoms with E-state index in [1.807, 2.05) is 13.8 Å². The average molecular weight is 488 g/mol. The Balaban J connectivity index is 2.21. The molecule has 35 heavy (non-hydrogen) atoms. The van der Waals surface area contributed by atoms with Gasteiger partial charge in [0.15, 0.2) is 0 Å². The Morgan fingerprint density at radius 3 is 2.29 bits per heavy atom. The first-order chi connectivity index (χ1) is 16.5. The molecule has 7 N–H and O–H groups in total. The molecular formula is C25H37N5O5. The van der Waals surface area contributed by atoms with Crippen LogP contribution in [-0.4, -0.2) is 42.4 Å². The molecule has 0 fully saturated rings. The molecule has 2 aromatic rings. The van der Waals surface area contributed by atoms with Gasteiger partial charge in [-0.25, -0.2) is 4.79 Å². The standard InChI is InChI=1S/C25H37N5O5/c1-14(2)11-20(30-23(32)16(4)27)25(34)29-19(7-5-6-10-26)24(33)28-17-8-9-18-15(3)12-22(31)35-21(18)13-17/h8-9,12-14,16,19-20H,5-7,10-11,26-27H2,1-4H3,(H,28,33)(H,29,34)(H,30,32)/t16-,19+,20-/m0/s1. The van der Waals surface area contributed by atoms with E-state index in [2.05, 4.69) is 16.0 Å². The first-order valence-corrected chi connectivity index (χ1v) is 11.9. The number of hydrogen-bond acceptors (Lipinski definition) is 7. The summed E-state index contributed by atoms with van der Waals surface area (Å²) in [5.74, 6) is -1.20. The van der Waals surface area contributed by atoms with E-state index in [0.717, 1.165) is 10.9 Å². The molecule has 3 amide bonds. The lowest BCUT2D eigenvalue weighted by Crippen LogP contribution is -2.55. The molecule has 3 atom stereocenters. The monoisotopic (exact) mass is 487 g/mol. The Morgan fingerprint density at radius 2 is 1.66 bits per heavy atom. The van der Waals surface area contributed by atoms with E-state index >= 15 is 0 Å².